The summed E-state index contributed by atoms with van der Waals surface area (Å²) in [5, 5.41) is 4.33. The van der Waals surface area contributed by atoms with Gasteiger partial charge >= 0.3 is 0 Å². The van der Waals surface area contributed by atoms with Crippen molar-refractivity contribution < 1.29 is 0 Å². The van der Waals surface area contributed by atoms with E-state index in [1.165, 1.54) is 21.2 Å². The van der Waals surface area contributed by atoms with E-state index in [0.717, 1.165) is 0 Å². The van der Waals surface area contributed by atoms with Crippen molar-refractivity contribution in [1.82, 2.24) is 13.1 Å². The molecule has 4 aromatic rings. The van der Waals surface area contributed by atoms with E-state index in [9.17, 15) is 0 Å². The summed E-state index contributed by atoms with van der Waals surface area (Å²) in [4.78, 5) is 0. The molecule has 0 saturated carbocycles. The molecule has 0 aromatic heterocycles. The van der Waals surface area contributed by atoms with Crippen LogP contribution in [0.1, 0.15) is 0 Å². The highest BCUT2D eigenvalue weighted by Gasteiger charge is 2.57. The maximum atomic E-state index is 4.28. The standard InChI is InChI=1S/C28H36N4Si4/c1-30-33-29-34(26-19-11-6-12-20-26)32(25-17-9-5-10-18-25)36(31(2)35(30,3)4,27-21-13-7-14-22-27)28-23-15-8-16-24-28/h5-24,29,34H,33H2,1-4H3. The first-order valence-electron chi connectivity index (χ1n) is 12.7. The molecule has 184 valence electrons. The van der Waals surface area contributed by atoms with E-state index >= 15 is 0 Å². The number of anilines is 1. The van der Waals surface area contributed by atoms with Crippen molar-refractivity contribution in [2.75, 3.05) is 18.3 Å². The molecule has 1 atom stereocenters. The van der Waals surface area contributed by atoms with Crippen molar-refractivity contribution in [3.05, 3.63) is 121 Å². The van der Waals surface area contributed by atoms with Crippen LogP contribution in [0.2, 0.25) is 13.1 Å². The lowest BCUT2D eigenvalue weighted by atomic mass is 10.3. The third-order valence-corrected chi connectivity index (χ3v) is 27.5. The van der Waals surface area contributed by atoms with Crippen LogP contribution in [-0.4, -0.2) is 58.3 Å². The van der Waals surface area contributed by atoms with Crippen LogP contribution in [0.15, 0.2) is 121 Å². The van der Waals surface area contributed by atoms with E-state index in [1.54, 1.807) is 0 Å². The van der Waals surface area contributed by atoms with Crippen molar-refractivity contribution in [3.8, 4) is 0 Å². The van der Waals surface area contributed by atoms with Crippen molar-refractivity contribution >= 4 is 57.0 Å². The van der Waals surface area contributed by atoms with Crippen LogP contribution < -0.4 is 24.4 Å². The zero-order valence-corrected chi connectivity index (χ0v) is 26.2. The van der Waals surface area contributed by atoms with E-state index < -0.39 is 35.8 Å². The Morgan fingerprint density at radius 1 is 0.639 bits per heavy atom. The Bertz CT molecular complexity index is 1220. The van der Waals surface area contributed by atoms with Crippen LogP contribution in [0.3, 0.4) is 0 Å². The molecule has 1 fully saturated rings. The molecular weight excluding hydrogens is 505 g/mol. The van der Waals surface area contributed by atoms with E-state index in [2.05, 4.69) is 166 Å². The minimum absolute atomic E-state index is 0.651. The smallest absolute Gasteiger partial charge is 0.288 e. The summed E-state index contributed by atoms with van der Waals surface area (Å²) in [6.45, 7) is 5.06. The minimum atomic E-state index is -2.71. The molecule has 1 unspecified atom stereocenters. The van der Waals surface area contributed by atoms with Crippen molar-refractivity contribution in [3.63, 3.8) is 0 Å². The lowest BCUT2D eigenvalue weighted by Crippen LogP contribution is -2.91. The summed E-state index contributed by atoms with van der Waals surface area (Å²) < 4.78 is 12.8. The van der Waals surface area contributed by atoms with Gasteiger partial charge in [-0.05, 0) is 54.9 Å². The normalized spacial score (nSPS) is 21.1. The van der Waals surface area contributed by atoms with Crippen LogP contribution in [0.4, 0.5) is 5.69 Å². The Labute approximate surface area is 222 Å². The Morgan fingerprint density at radius 3 is 1.58 bits per heavy atom. The fraction of sp³-hybridized carbons (Fsp3) is 0.143. The third kappa shape index (κ3) is 4.28. The predicted octanol–water partition coefficient (Wildman–Crippen LogP) is 2.04. The Hall–Kier alpha value is -2.57. The summed E-state index contributed by atoms with van der Waals surface area (Å²) in [6.07, 6.45) is 0. The fourth-order valence-corrected chi connectivity index (χ4v) is 27.4. The molecule has 1 aliphatic rings. The molecule has 1 heterocycles. The highest BCUT2D eigenvalue weighted by molar-refractivity contribution is 7.16. The van der Waals surface area contributed by atoms with Gasteiger partial charge in [0.2, 0.25) is 9.12 Å². The molecular formula is C28H36N4Si4. The number of nitrogens with one attached hydrogen (secondary N) is 1. The fourth-order valence-electron chi connectivity index (χ4n) is 5.51. The van der Waals surface area contributed by atoms with E-state index in [0.29, 0.717) is 0 Å². The molecule has 8 heteroatoms. The Morgan fingerprint density at radius 2 is 1.08 bits per heavy atom. The zero-order valence-electron chi connectivity index (χ0n) is 21.7. The molecule has 0 radical (unpaired) electrons. The third-order valence-electron chi connectivity index (χ3n) is 7.87. The van der Waals surface area contributed by atoms with E-state index in [-0.39, 0.29) is 0 Å². The average Bonchev–Trinajstić information content (AvgIpc) is 2.94. The maximum absolute atomic E-state index is 4.28. The minimum Gasteiger partial charge on any atom is -0.393 e. The van der Waals surface area contributed by atoms with Crippen molar-refractivity contribution in [1.29, 1.82) is 0 Å². The molecule has 5 rings (SSSR count). The number of rotatable bonds is 4. The van der Waals surface area contributed by atoms with Gasteiger partial charge in [-0.15, -0.1) is 0 Å². The van der Waals surface area contributed by atoms with E-state index in [1.807, 2.05) is 0 Å². The van der Waals surface area contributed by atoms with Gasteiger partial charge in [-0.1, -0.05) is 109 Å². The Kier molecular flexibility index (Phi) is 7.27. The molecule has 1 N–H and O–H groups in total. The van der Waals surface area contributed by atoms with Gasteiger partial charge in [0.15, 0.2) is 18.2 Å². The second-order valence-corrected chi connectivity index (χ2v) is 24.6. The van der Waals surface area contributed by atoms with Gasteiger partial charge in [-0.3, -0.25) is 0 Å². The summed E-state index contributed by atoms with van der Waals surface area (Å²) in [7, 11) is -2.39. The van der Waals surface area contributed by atoms with E-state index in [4.69, 9.17) is 0 Å². The van der Waals surface area contributed by atoms with Crippen LogP contribution in [0.5, 0.6) is 0 Å². The SMILES string of the molecule is CN1[SiH2]N[SiH](c2ccccc2)N(c2ccccc2)[Si](c2ccccc2)(c2ccccc2)N(C)[Si]1(C)C. The van der Waals surface area contributed by atoms with Crippen molar-refractivity contribution in [2.24, 2.45) is 0 Å². The molecule has 0 bridgehead atoms. The van der Waals surface area contributed by atoms with Gasteiger partial charge in [-0.25, -0.2) is 0 Å². The number of para-hydroxylation sites is 1. The lowest BCUT2D eigenvalue weighted by Gasteiger charge is -2.59. The molecule has 0 amide bonds. The van der Waals surface area contributed by atoms with Gasteiger partial charge in [0, 0.05) is 5.69 Å². The number of hydrogen-bond donors (Lipinski definition) is 1. The molecule has 4 nitrogen and oxygen atoms in total. The first-order chi connectivity index (χ1) is 17.5. The average molecular weight is 541 g/mol. The molecule has 0 aliphatic carbocycles. The first kappa shape index (κ1) is 25.1. The van der Waals surface area contributed by atoms with Crippen LogP contribution in [-0.2, 0) is 0 Å². The van der Waals surface area contributed by atoms with Crippen LogP contribution in [0, 0.1) is 0 Å². The van der Waals surface area contributed by atoms with Crippen LogP contribution >= 0.6 is 0 Å². The first-order valence-corrected chi connectivity index (χ1v) is 20.5. The largest absolute Gasteiger partial charge is 0.393 e. The molecule has 1 saturated heterocycles. The summed E-state index contributed by atoms with van der Waals surface area (Å²) >= 11 is 0. The zero-order chi connectivity index (χ0) is 25.2. The topological polar surface area (TPSA) is 21.8 Å². The predicted molar refractivity (Wildman–Crippen MR) is 165 cm³/mol. The highest BCUT2D eigenvalue weighted by atomic mass is 28.5. The molecule has 1 aliphatic heterocycles. The quantitative estimate of drug-likeness (QED) is 0.400. The lowest BCUT2D eigenvalue weighted by molar-refractivity contribution is 0.634. The number of nitrogens with zero attached hydrogens (tertiary/aromatic N) is 3. The maximum Gasteiger partial charge on any atom is 0.288 e. The second kappa shape index (κ2) is 10.4. The molecule has 0 spiro atoms. The van der Waals surface area contributed by atoms with Crippen molar-refractivity contribution in [2.45, 2.75) is 13.1 Å². The Balaban J connectivity index is 1.92. The molecule has 36 heavy (non-hydrogen) atoms. The van der Waals surface area contributed by atoms with Gasteiger partial charge in [0.05, 0.1) is 0 Å². The number of hydrogen-bond acceptors (Lipinski definition) is 4. The van der Waals surface area contributed by atoms with Gasteiger partial charge in [-0.2, -0.15) is 0 Å². The van der Waals surface area contributed by atoms with Gasteiger partial charge in [0.1, 0.15) is 0 Å². The number of benzene rings is 4. The summed E-state index contributed by atoms with van der Waals surface area (Å²) in [5.41, 5.74) is 1.32. The second-order valence-electron chi connectivity index (χ2n) is 10.0. The van der Waals surface area contributed by atoms with Gasteiger partial charge in [0.25, 0.3) is 8.40 Å². The van der Waals surface area contributed by atoms with Gasteiger partial charge < -0.3 is 17.3 Å². The molecule has 4 aromatic carbocycles. The summed E-state index contributed by atoms with van der Waals surface area (Å²) in [5.74, 6) is 0. The summed E-state index contributed by atoms with van der Waals surface area (Å²) in [6, 6.07) is 45.1. The highest BCUT2D eigenvalue weighted by Crippen LogP contribution is 2.30. The monoisotopic (exact) mass is 540 g/mol. The van der Waals surface area contributed by atoms with Crippen LogP contribution in [0.25, 0.3) is 0 Å².